The highest BCUT2D eigenvalue weighted by molar-refractivity contribution is 5.50. The molecule has 4 aromatic rings. The van der Waals surface area contributed by atoms with Gasteiger partial charge in [0.2, 0.25) is 0 Å². The minimum absolute atomic E-state index is 0.488. The second kappa shape index (κ2) is 7.60. The Morgan fingerprint density at radius 2 is 1.19 bits per heavy atom. The molecular formula is C24H22N2O. The molecule has 0 bridgehead atoms. The summed E-state index contributed by atoms with van der Waals surface area (Å²) in [6.07, 6.45) is 3.98. The molecule has 27 heavy (non-hydrogen) atoms. The highest BCUT2D eigenvalue weighted by atomic mass is 16.5. The van der Waals surface area contributed by atoms with Crippen LogP contribution in [-0.4, -0.2) is 16.7 Å². The summed E-state index contributed by atoms with van der Waals surface area (Å²) in [5.41, 5.74) is 3.95. The smallest absolute Gasteiger partial charge is 0.121 e. The lowest BCUT2D eigenvalue weighted by atomic mass is 9.77. The first-order chi connectivity index (χ1) is 13.4. The lowest BCUT2D eigenvalue weighted by Crippen LogP contribution is -2.36. The van der Waals surface area contributed by atoms with Crippen molar-refractivity contribution in [2.75, 3.05) is 7.11 Å². The van der Waals surface area contributed by atoms with Gasteiger partial charge in [-0.3, -0.25) is 0 Å². The van der Waals surface area contributed by atoms with Gasteiger partial charge in [-0.1, -0.05) is 91.0 Å². The molecule has 3 nitrogen and oxygen atoms in total. The van der Waals surface area contributed by atoms with Crippen molar-refractivity contribution in [2.45, 2.75) is 12.1 Å². The highest BCUT2D eigenvalue weighted by Crippen LogP contribution is 2.40. The van der Waals surface area contributed by atoms with E-state index in [2.05, 4.69) is 107 Å². The largest absolute Gasteiger partial charge is 0.378 e. The Kier molecular flexibility index (Phi) is 4.86. The molecule has 0 N–H and O–H groups in total. The van der Waals surface area contributed by atoms with Crippen LogP contribution in [0.2, 0.25) is 0 Å². The van der Waals surface area contributed by atoms with Crippen LogP contribution >= 0.6 is 0 Å². The zero-order valence-corrected chi connectivity index (χ0v) is 15.3. The van der Waals surface area contributed by atoms with Crippen LogP contribution < -0.4 is 0 Å². The fourth-order valence-corrected chi connectivity index (χ4v) is 3.75. The molecule has 1 heterocycles. The number of methoxy groups -OCH3 is 1. The molecule has 134 valence electrons. The standard InChI is InChI=1S/C24H22N2O/c1-27-18-23-17-26(19-25-23)24(20-11-5-2-6-12-20,21-13-7-3-8-14-21)22-15-9-4-10-16-22/h2-17,19H,18H2,1H3. The lowest BCUT2D eigenvalue weighted by Gasteiger charge is -2.37. The number of aromatic nitrogens is 2. The number of benzene rings is 3. The van der Waals surface area contributed by atoms with Crippen molar-refractivity contribution in [1.82, 2.24) is 9.55 Å². The van der Waals surface area contributed by atoms with E-state index >= 15 is 0 Å². The maximum absolute atomic E-state index is 5.30. The summed E-state index contributed by atoms with van der Waals surface area (Å²) in [4.78, 5) is 4.59. The second-order valence-electron chi connectivity index (χ2n) is 6.51. The first-order valence-electron chi connectivity index (χ1n) is 9.04. The molecule has 0 spiro atoms. The predicted octanol–water partition coefficient (Wildman–Crippen LogP) is 4.87. The van der Waals surface area contributed by atoms with Gasteiger partial charge in [0.25, 0.3) is 0 Å². The van der Waals surface area contributed by atoms with Crippen molar-refractivity contribution in [1.29, 1.82) is 0 Å². The number of hydrogen-bond donors (Lipinski definition) is 0. The Hall–Kier alpha value is -3.17. The van der Waals surface area contributed by atoms with E-state index in [9.17, 15) is 0 Å². The van der Waals surface area contributed by atoms with Gasteiger partial charge in [0.1, 0.15) is 5.54 Å². The Bertz CT molecular complexity index is 882. The van der Waals surface area contributed by atoms with Gasteiger partial charge in [0.15, 0.2) is 0 Å². The SMILES string of the molecule is COCc1cn(C(c2ccccc2)(c2ccccc2)c2ccccc2)cn1. The van der Waals surface area contributed by atoms with Crippen LogP contribution in [0.25, 0.3) is 0 Å². The summed E-state index contributed by atoms with van der Waals surface area (Å²) in [5, 5.41) is 0. The van der Waals surface area contributed by atoms with Crippen LogP contribution in [0.1, 0.15) is 22.4 Å². The third kappa shape index (κ3) is 3.07. The van der Waals surface area contributed by atoms with Gasteiger partial charge in [-0.2, -0.15) is 0 Å². The van der Waals surface area contributed by atoms with Crippen LogP contribution in [0.15, 0.2) is 104 Å². The van der Waals surface area contributed by atoms with Gasteiger partial charge >= 0.3 is 0 Å². The molecule has 0 saturated heterocycles. The normalized spacial score (nSPS) is 11.4. The number of nitrogens with zero attached hydrogens (tertiary/aromatic N) is 2. The lowest BCUT2D eigenvalue weighted by molar-refractivity contribution is 0.181. The summed E-state index contributed by atoms with van der Waals surface area (Å²) in [6, 6.07) is 31.7. The minimum atomic E-state index is -0.511. The zero-order valence-electron chi connectivity index (χ0n) is 15.3. The molecule has 3 aromatic carbocycles. The van der Waals surface area contributed by atoms with Crippen LogP contribution in [0, 0.1) is 0 Å². The molecule has 3 heteroatoms. The number of rotatable bonds is 6. The third-order valence-electron chi connectivity index (χ3n) is 4.89. The Morgan fingerprint density at radius 3 is 1.59 bits per heavy atom. The van der Waals surface area contributed by atoms with Crippen molar-refractivity contribution in [3.8, 4) is 0 Å². The third-order valence-corrected chi connectivity index (χ3v) is 4.89. The van der Waals surface area contributed by atoms with E-state index in [4.69, 9.17) is 4.74 Å². The Morgan fingerprint density at radius 1 is 0.741 bits per heavy atom. The van der Waals surface area contributed by atoms with Crippen molar-refractivity contribution in [2.24, 2.45) is 0 Å². The number of ether oxygens (including phenoxy) is 1. The van der Waals surface area contributed by atoms with Gasteiger partial charge < -0.3 is 9.30 Å². The van der Waals surface area contributed by atoms with Crippen molar-refractivity contribution >= 4 is 0 Å². The Labute approximate surface area is 159 Å². The van der Waals surface area contributed by atoms with Crippen molar-refractivity contribution in [3.05, 3.63) is 126 Å². The van der Waals surface area contributed by atoms with Gasteiger partial charge in [-0.05, 0) is 16.7 Å². The quantitative estimate of drug-likeness (QED) is 0.462. The molecule has 0 aliphatic carbocycles. The van der Waals surface area contributed by atoms with Gasteiger partial charge in [0.05, 0.1) is 18.6 Å². The maximum Gasteiger partial charge on any atom is 0.121 e. The molecule has 0 aliphatic heterocycles. The molecular weight excluding hydrogens is 332 g/mol. The maximum atomic E-state index is 5.30. The van der Waals surface area contributed by atoms with E-state index in [1.54, 1.807) is 7.11 Å². The molecule has 0 amide bonds. The second-order valence-corrected chi connectivity index (χ2v) is 6.51. The van der Waals surface area contributed by atoms with E-state index in [0.29, 0.717) is 6.61 Å². The average Bonchev–Trinajstić information content (AvgIpc) is 3.20. The van der Waals surface area contributed by atoms with Gasteiger partial charge in [-0.25, -0.2) is 4.98 Å². The Balaban J connectivity index is 2.06. The monoisotopic (exact) mass is 354 g/mol. The van der Waals surface area contributed by atoms with Crippen LogP contribution in [0.5, 0.6) is 0 Å². The number of hydrogen-bond acceptors (Lipinski definition) is 2. The summed E-state index contributed by atoms with van der Waals surface area (Å²) in [7, 11) is 1.69. The summed E-state index contributed by atoms with van der Waals surface area (Å²) in [5.74, 6) is 0. The van der Waals surface area contributed by atoms with Crippen molar-refractivity contribution < 1.29 is 4.74 Å². The van der Waals surface area contributed by atoms with Gasteiger partial charge in [0, 0.05) is 13.3 Å². The molecule has 0 fully saturated rings. The minimum Gasteiger partial charge on any atom is -0.378 e. The molecule has 0 saturated carbocycles. The van der Waals surface area contributed by atoms with E-state index in [1.807, 2.05) is 6.33 Å². The fourth-order valence-electron chi connectivity index (χ4n) is 3.75. The average molecular weight is 354 g/mol. The van der Waals surface area contributed by atoms with Crippen LogP contribution in [-0.2, 0) is 16.9 Å². The summed E-state index contributed by atoms with van der Waals surface area (Å²) < 4.78 is 7.49. The van der Waals surface area contributed by atoms with E-state index < -0.39 is 5.54 Å². The molecule has 0 radical (unpaired) electrons. The first kappa shape index (κ1) is 17.3. The summed E-state index contributed by atoms with van der Waals surface area (Å²) in [6.45, 7) is 0.488. The molecule has 0 aliphatic rings. The highest BCUT2D eigenvalue weighted by Gasteiger charge is 2.38. The first-order valence-corrected chi connectivity index (χ1v) is 9.04. The predicted molar refractivity (Wildman–Crippen MR) is 108 cm³/mol. The fraction of sp³-hybridized carbons (Fsp3) is 0.125. The van der Waals surface area contributed by atoms with E-state index in [-0.39, 0.29) is 0 Å². The van der Waals surface area contributed by atoms with E-state index in [1.165, 1.54) is 16.7 Å². The van der Waals surface area contributed by atoms with Gasteiger partial charge in [-0.15, -0.1) is 0 Å². The van der Waals surface area contributed by atoms with E-state index in [0.717, 1.165) is 5.69 Å². The molecule has 1 aromatic heterocycles. The van der Waals surface area contributed by atoms with Crippen LogP contribution in [0.4, 0.5) is 0 Å². The number of imidazole rings is 1. The zero-order chi connectivity index (χ0) is 18.5. The summed E-state index contributed by atoms with van der Waals surface area (Å²) >= 11 is 0. The molecule has 4 rings (SSSR count). The molecule has 0 atom stereocenters. The molecule has 0 unspecified atom stereocenters. The van der Waals surface area contributed by atoms with Crippen LogP contribution in [0.3, 0.4) is 0 Å². The topological polar surface area (TPSA) is 27.1 Å². The van der Waals surface area contributed by atoms with Crippen molar-refractivity contribution in [3.63, 3.8) is 0 Å².